The summed E-state index contributed by atoms with van der Waals surface area (Å²) in [5.41, 5.74) is 4.55. The smallest absolute Gasteiger partial charge is 0.175 e. The number of fused-ring (bicyclic) bond motifs is 1. The number of allylic oxidation sites excluding steroid dienone is 3. The van der Waals surface area contributed by atoms with Crippen LogP contribution in [0.1, 0.15) is 12.6 Å². The zero-order chi connectivity index (χ0) is 19.4. The normalized spacial score (nSPS) is 12.6. The fraction of sp³-hybridized carbons (Fsp3) is 0.0909. The van der Waals surface area contributed by atoms with Crippen LogP contribution in [0.2, 0.25) is 0 Å². The lowest BCUT2D eigenvalue weighted by Crippen LogP contribution is -1.97. The first-order valence-electron chi connectivity index (χ1n) is 8.43. The molecule has 0 atom stereocenters. The molecular formula is C22H20N2O2S. The summed E-state index contributed by atoms with van der Waals surface area (Å²) < 4.78 is 23.5. The summed E-state index contributed by atoms with van der Waals surface area (Å²) in [6.45, 7) is 5.41. The van der Waals surface area contributed by atoms with E-state index in [1.165, 1.54) is 6.26 Å². The Hall–Kier alpha value is -3.05. The molecule has 0 N–H and O–H groups in total. The fourth-order valence-corrected chi connectivity index (χ4v) is 3.54. The van der Waals surface area contributed by atoms with Gasteiger partial charge in [0.05, 0.1) is 16.1 Å². The van der Waals surface area contributed by atoms with Crippen LogP contribution >= 0.6 is 0 Å². The van der Waals surface area contributed by atoms with Crippen LogP contribution in [0.3, 0.4) is 0 Å². The molecule has 0 amide bonds. The highest BCUT2D eigenvalue weighted by Crippen LogP contribution is 2.31. The van der Waals surface area contributed by atoms with Crippen LogP contribution in [-0.2, 0) is 9.84 Å². The van der Waals surface area contributed by atoms with Crippen molar-refractivity contribution in [2.24, 2.45) is 4.99 Å². The van der Waals surface area contributed by atoms with Gasteiger partial charge in [0, 0.05) is 17.8 Å². The molecule has 4 nitrogen and oxygen atoms in total. The van der Waals surface area contributed by atoms with Crippen LogP contribution < -0.4 is 0 Å². The van der Waals surface area contributed by atoms with E-state index in [4.69, 9.17) is 4.98 Å². The molecule has 0 fully saturated rings. The molecule has 0 aliphatic rings. The van der Waals surface area contributed by atoms with Gasteiger partial charge >= 0.3 is 0 Å². The fourth-order valence-electron chi connectivity index (χ4n) is 2.91. The Morgan fingerprint density at radius 1 is 1.11 bits per heavy atom. The number of pyridine rings is 1. The van der Waals surface area contributed by atoms with Crippen LogP contribution in [-0.4, -0.2) is 26.4 Å². The standard InChI is InChI=1S/C22H20N2O2S/c1-4-16(13-14-23-2)22-15-20(19-7-5-6-8-21(19)24-22)17-9-11-18(12-10-17)27(3,25)26/h4-15H,2H2,1,3H3/b14-13-,16-4+. The molecule has 3 aromatic rings. The van der Waals surface area contributed by atoms with Gasteiger partial charge < -0.3 is 0 Å². The Bertz CT molecular complexity index is 1160. The number of benzene rings is 2. The van der Waals surface area contributed by atoms with E-state index in [1.807, 2.05) is 61.5 Å². The zero-order valence-corrected chi connectivity index (χ0v) is 16.1. The third kappa shape index (κ3) is 4.04. The molecule has 1 heterocycles. The SMILES string of the molecule is C=N/C=C\C(=C/C)c1cc(-c2ccc(S(C)(=O)=O)cc2)c2ccccc2n1. The number of hydrogen-bond donors (Lipinski definition) is 0. The van der Waals surface area contributed by atoms with Crippen molar-refractivity contribution >= 4 is 33.0 Å². The minimum atomic E-state index is -3.23. The Kier molecular flexibility index (Phi) is 5.33. The maximum absolute atomic E-state index is 11.7. The summed E-state index contributed by atoms with van der Waals surface area (Å²) in [6, 6.07) is 16.9. The van der Waals surface area contributed by atoms with E-state index in [2.05, 4.69) is 11.7 Å². The number of aliphatic imine (C=N–C) groups is 1. The average molecular weight is 376 g/mol. The molecule has 136 valence electrons. The van der Waals surface area contributed by atoms with E-state index in [-0.39, 0.29) is 0 Å². The van der Waals surface area contributed by atoms with E-state index in [1.54, 1.807) is 18.3 Å². The number of para-hydroxylation sites is 1. The van der Waals surface area contributed by atoms with Gasteiger partial charge in [-0.1, -0.05) is 36.4 Å². The van der Waals surface area contributed by atoms with E-state index in [0.717, 1.165) is 33.3 Å². The summed E-state index contributed by atoms with van der Waals surface area (Å²) in [7, 11) is -3.23. The van der Waals surface area contributed by atoms with Crippen LogP contribution in [0.4, 0.5) is 0 Å². The molecule has 1 aromatic heterocycles. The number of hydrogen-bond acceptors (Lipinski definition) is 4. The molecule has 0 bridgehead atoms. The third-order valence-electron chi connectivity index (χ3n) is 4.28. The van der Waals surface area contributed by atoms with E-state index >= 15 is 0 Å². The average Bonchev–Trinajstić information content (AvgIpc) is 2.67. The number of sulfone groups is 1. The van der Waals surface area contributed by atoms with Crippen molar-refractivity contribution in [3.63, 3.8) is 0 Å². The van der Waals surface area contributed by atoms with Gasteiger partial charge in [0.15, 0.2) is 9.84 Å². The first kappa shape index (κ1) is 18.7. The minimum absolute atomic E-state index is 0.305. The summed E-state index contributed by atoms with van der Waals surface area (Å²) in [5, 5.41) is 1.01. The Balaban J connectivity index is 2.22. The molecule has 0 aliphatic heterocycles. The highest BCUT2D eigenvalue weighted by atomic mass is 32.2. The molecule has 0 saturated heterocycles. The number of aromatic nitrogens is 1. The molecule has 2 aromatic carbocycles. The molecule has 0 spiro atoms. The maximum atomic E-state index is 11.7. The zero-order valence-electron chi connectivity index (χ0n) is 15.3. The van der Waals surface area contributed by atoms with Gasteiger partial charge in [-0.25, -0.2) is 13.4 Å². The molecule has 0 unspecified atom stereocenters. The molecule has 27 heavy (non-hydrogen) atoms. The highest BCUT2D eigenvalue weighted by molar-refractivity contribution is 7.90. The van der Waals surface area contributed by atoms with Gasteiger partial charge in [-0.3, -0.25) is 4.99 Å². The Labute approximate surface area is 159 Å². The van der Waals surface area contributed by atoms with Crippen molar-refractivity contribution in [3.8, 4) is 11.1 Å². The van der Waals surface area contributed by atoms with Gasteiger partial charge in [-0.15, -0.1) is 0 Å². The monoisotopic (exact) mass is 376 g/mol. The van der Waals surface area contributed by atoms with Gasteiger partial charge in [-0.2, -0.15) is 0 Å². The van der Waals surface area contributed by atoms with Crippen molar-refractivity contribution in [2.75, 3.05) is 6.26 Å². The number of nitrogens with zero attached hydrogens (tertiary/aromatic N) is 2. The van der Waals surface area contributed by atoms with Crippen molar-refractivity contribution in [1.29, 1.82) is 0 Å². The lowest BCUT2D eigenvalue weighted by Gasteiger charge is -2.11. The second kappa shape index (κ2) is 7.68. The van der Waals surface area contributed by atoms with E-state index in [9.17, 15) is 8.42 Å². The molecule has 0 radical (unpaired) electrons. The van der Waals surface area contributed by atoms with Crippen LogP contribution in [0.25, 0.3) is 27.6 Å². The molecule has 0 saturated carbocycles. The second-order valence-electron chi connectivity index (χ2n) is 6.11. The quantitative estimate of drug-likeness (QED) is 0.469. The van der Waals surface area contributed by atoms with Gasteiger partial charge in [0.1, 0.15) is 0 Å². The van der Waals surface area contributed by atoms with Crippen LogP contribution in [0.15, 0.2) is 82.8 Å². The third-order valence-corrected chi connectivity index (χ3v) is 5.40. The van der Waals surface area contributed by atoms with Crippen molar-refractivity contribution in [3.05, 3.63) is 78.6 Å². The first-order chi connectivity index (χ1) is 12.9. The largest absolute Gasteiger partial charge is 0.272 e. The topological polar surface area (TPSA) is 59.4 Å². The van der Waals surface area contributed by atoms with Crippen LogP contribution in [0, 0.1) is 0 Å². The van der Waals surface area contributed by atoms with Gasteiger partial charge in [0.25, 0.3) is 0 Å². The predicted octanol–water partition coefficient (Wildman–Crippen LogP) is 4.92. The van der Waals surface area contributed by atoms with E-state index < -0.39 is 9.84 Å². The lowest BCUT2D eigenvalue weighted by molar-refractivity contribution is 0.602. The molecule has 5 heteroatoms. The van der Waals surface area contributed by atoms with Crippen molar-refractivity contribution in [2.45, 2.75) is 11.8 Å². The highest BCUT2D eigenvalue weighted by Gasteiger charge is 2.11. The Morgan fingerprint density at radius 2 is 1.81 bits per heavy atom. The predicted molar refractivity (Wildman–Crippen MR) is 113 cm³/mol. The van der Waals surface area contributed by atoms with Gasteiger partial charge in [0.2, 0.25) is 0 Å². The molecular weight excluding hydrogens is 356 g/mol. The number of rotatable bonds is 5. The second-order valence-corrected chi connectivity index (χ2v) is 8.13. The van der Waals surface area contributed by atoms with Crippen molar-refractivity contribution in [1.82, 2.24) is 4.98 Å². The molecule has 0 aliphatic carbocycles. The van der Waals surface area contributed by atoms with Crippen molar-refractivity contribution < 1.29 is 8.42 Å². The van der Waals surface area contributed by atoms with Crippen LogP contribution in [0.5, 0.6) is 0 Å². The minimum Gasteiger partial charge on any atom is -0.272 e. The summed E-state index contributed by atoms with van der Waals surface area (Å²) in [4.78, 5) is 8.84. The summed E-state index contributed by atoms with van der Waals surface area (Å²) in [6.07, 6.45) is 6.67. The van der Waals surface area contributed by atoms with Gasteiger partial charge in [-0.05, 0) is 60.7 Å². The molecule has 3 rings (SSSR count). The summed E-state index contributed by atoms with van der Waals surface area (Å²) in [5.74, 6) is 0. The summed E-state index contributed by atoms with van der Waals surface area (Å²) >= 11 is 0. The van der Waals surface area contributed by atoms with E-state index in [0.29, 0.717) is 4.90 Å². The lowest BCUT2D eigenvalue weighted by atomic mass is 9.98. The maximum Gasteiger partial charge on any atom is 0.175 e. The Morgan fingerprint density at radius 3 is 2.44 bits per heavy atom. The first-order valence-corrected chi connectivity index (χ1v) is 10.3.